The Kier molecular flexibility index (Phi) is 3.84. The van der Waals surface area contributed by atoms with Crippen LogP contribution < -0.4 is 5.32 Å². The molecule has 0 amide bonds. The minimum absolute atomic E-state index is 0.621. The third-order valence-electron chi connectivity index (χ3n) is 4.10. The number of likely N-dealkylation sites (tertiary alicyclic amines) is 1. The van der Waals surface area contributed by atoms with E-state index in [-0.39, 0.29) is 0 Å². The Morgan fingerprint density at radius 2 is 2.29 bits per heavy atom. The molecule has 0 bridgehead atoms. The summed E-state index contributed by atoms with van der Waals surface area (Å²) in [6.07, 6.45) is 3.15. The van der Waals surface area contributed by atoms with E-state index in [0.717, 1.165) is 6.54 Å². The highest BCUT2D eigenvalue weighted by Crippen LogP contribution is 2.21. The van der Waals surface area contributed by atoms with Crippen molar-refractivity contribution < 1.29 is 0 Å². The highest BCUT2D eigenvalue weighted by molar-refractivity contribution is 5.14. The molecule has 0 saturated carbocycles. The van der Waals surface area contributed by atoms with Crippen LogP contribution >= 0.6 is 0 Å². The fourth-order valence-corrected chi connectivity index (χ4v) is 2.62. The van der Waals surface area contributed by atoms with Gasteiger partial charge < -0.3 is 10.2 Å². The third kappa shape index (κ3) is 2.87. The van der Waals surface area contributed by atoms with E-state index in [1.165, 1.54) is 24.2 Å². The molecule has 1 aromatic rings. The molecule has 1 aliphatic heterocycles. The zero-order valence-electron chi connectivity index (χ0n) is 11.3. The summed E-state index contributed by atoms with van der Waals surface area (Å²) >= 11 is 0. The van der Waals surface area contributed by atoms with Crippen molar-refractivity contribution in [1.82, 2.24) is 20.4 Å². The summed E-state index contributed by atoms with van der Waals surface area (Å²) in [5, 5.41) is 10.7. The van der Waals surface area contributed by atoms with E-state index in [9.17, 15) is 0 Å². The van der Waals surface area contributed by atoms with Gasteiger partial charge in [-0.2, -0.15) is 5.10 Å². The van der Waals surface area contributed by atoms with Crippen LogP contribution in [0.3, 0.4) is 0 Å². The second-order valence-corrected chi connectivity index (χ2v) is 5.51. The second kappa shape index (κ2) is 5.19. The standard InChI is InChI=1S/C13H24N4/c1-9-8-17(4)10(2)5-13(9)14-6-12-7-15-16-11(12)3/h7,9-10,13-14H,5-6,8H2,1-4H3,(H,15,16). The summed E-state index contributed by atoms with van der Waals surface area (Å²) in [5.41, 5.74) is 2.45. The zero-order valence-corrected chi connectivity index (χ0v) is 11.3. The maximum absolute atomic E-state index is 4.06. The highest BCUT2D eigenvalue weighted by Gasteiger charge is 2.28. The average molecular weight is 236 g/mol. The molecular weight excluding hydrogens is 212 g/mol. The van der Waals surface area contributed by atoms with E-state index < -0.39 is 0 Å². The molecule has 3 atom stereocenters. The molecule has 1 aromatic heterocycles. The first kappa shape index (κ1) is 12.6. The minimum atomic E-state index is 0.621. The first-order chi connectivity index (χ1) is 8.08. The van der Waals surface area contributed by atoms with Gasteiger partial charge in [0.15, 0.2) is 0 Å². The first-order valence-electron chi connectivity index (χ1n) is 6.50. The van der Waals surface area contributed by atoms with Crippen LogP contribution in [0.25, 0.3) is 0 Å². The molecule has 0 spiro atoms. The summed E-state index contributed by atoms with van der Waals surface area (Å²) in [6.45, 7) is 8.83. The van der Waals surface area contributed by atoms with Gasteiger partial charge in [0.25, 0.3) is 0 Å². The van der Waals surface area contributed by atoms with Crippen molar-refractivity contribution in [2.45, 2.75) is 45.8 Å². The van der Waals surface area contributed by atoms with Crippen LogP contribution in [0.1, 0.15) is 31.5 Å². The Morgan fingerprint density at radius 1 is 1.53 bits per heavy atom. The van der Waals surface area contributed by atoms with Gasteiger partial charge in [-0.1, -0.05) is 6.92 Å². The SMILES string of the molecule is Cc1[nH]ncc1CNC1CC(C)N(C)CC1C. The third-order valence-corrected chi connectivity index (χ3v) is 4.10. The predicted octanol–water partition coefficient (Wildman–Crippen LogP) is 1.54. The molecule has 96 valence electrons. The molecule has 3 unspecified atom stereocenters. The molecule has 2 heterocycles. The van der Waals surface area contributed by atoms with Crippen LogP contribution in [0, 0.1) is 12.8 Å². The molecule has 4 nitrogen and oxygen atoms in total. The molecule has 2 rings (SSSR count). The lowest BCUT2D eigenvalue weighted by molar-refractivity contribution is 0.121. The Labute approximate surface area is 104 Å². The number of hydrogen-bond acceptors (Lipinski definition) is 3. The molecule has 1 saturated heterocycles. The molecular formula is C13H24N4. The number of aromatic amines is 1. The van der Waals surface area contributed by atoms with Crippen LogP contribution in [0.5, 0.6) is 0 Å². The van der Waals surface area contributed by atoms with E-state index in [0.29, 0.717) is 18.0 Å². The van der Waals surface area contributed by atoms with Crippen LogP contribution in [0.2, 0.25) is 0 Å². The largest absolute Gasteiger partial charge is 0.309 e. The van der Waals surface area contributed by atoms with Crippen molar-refractivity contribution in [2.24, 2.45) is 5.92 Å². The van der Waals surface area contributed by atoms with Gasteiger partial charge in [0, 0.05) is 36.4 Å². The van der Waals surface area contributed by atoms with Crippen molar-refractivity contribution in [2.75, 3.05) is 13.6 Å². The van der Waals surface area contributed by atoms with Crippen LogP contribution in [0.4, 0.5) is 0 Å². The Bertz CT molecular complexity index is 360. The van der Waals surface area contributed by atoms with Crippen molar-refractivity contribution >= 4 is 0 Å². The van der Waals surface area contributed by atoms with E-state index in [1.807, 2.05) is 6.20 Å². The normalized spacial score (nSPS) is 30.7. The van der Waals surface area contributed by atoms with Crippen LogP contribution in [-0.4, -0.2) is 40.8 Å². The molecule has 1 aliphatic rings. The first-order valence-corrected chi connectivity index (χ1v) is 6.50. The molecule has 0 radical (unpaired) electrons. The molecule has 0 aromatic carbocycles. The monoisotopic (exact) mass is 236 g/mol. The van der Waals surface area contributed by atoms with Gasteiger partial charge in [-0.05, 0) is 33.2 Å². The molecule has 1 fully saturated rings. The number of hydrogen-bond donors (Lipinski definition) is 2. The molecule has 17 heavy (non-hydrogen) atoms. The average Bonchev–Trinajstić information content (AvgIpc) is 2.68. The van der Waals surface area contributed by atoms with Gasteiger partial charge in [-0.3, -0.25) is 5.10 Å². The van der Waals surface area contributed by atoms with Gasteiger partial charge in [-0.15, -0.1) is 0 Å². The zero-order chi connectivity index (χ0) is 12.4. The lowest BCUT2D eigenvalue weighted by atomic mass is 9.90. The highest BCUT2D eigenvalue weighted by atomic mass is 15.2. The number of nitrogens with one attached hydrogen (secondary N) is 2. The summed E-state index contributed by atoms with van der Waals surface area (Å²) in [4.78, 5) is 2.45. The second-order valence-electron chi connectivity index (χ2n) is 5.51. The van der Waals surface area contributed by atoms with E-state index in [1.54, 1.807) is 0 Å². The number of aryl methyl sites for hydroxylation is 1. The van der Waals surface area contributed by atoms with Crippen molar-refractivity contribution in [3.8, 4) is 0 Å². The Balaban J connectivity index is 1.89. The van der Waals surface area contributed by atoms with Gasteiger partial charge in [0.1, 0.15) is 0 Å². The Morgan fingerprint density at radius 3 is 2.94 bits per heavy atom. The maximum Gasteiger partial charge on any atom is 0.0535 e. The fourth-order valence-electron chi connectivity index (χ4n) is 2.62. The van der Waals surface area contributed by atoms with Crippen LogP contribution in [0.15, 0.2) is 6.20 Å². The number of aromatic nitrogens is 2. The number of H-pyrrole nitrogens is 1. The van der Waals surface area contributed by atoms with Gasteiger partial charge in [0.05, 0.1) is 6.20 Å². The van der Waals surface area contributed by atoms with Gasteiger partial charge >= 0.3 is 0 Å². The number of piperidine rings is 1. The predicted molar refractivity (Wildman–Crippen MR) is 69.8 cm³/mol. The summed E-state index contributed by atoms with van der Waals surface area (Å²) in [7, 11) is 2.22. The summed E-state index contributed by atoms with van der Waals surface area (Å²) in [5.74, 6) is 0.711. The van der Waals surface area contributed by atoms with Crippen molar-refractivity contribution in [1.29, 1.82) is 0 Å². The van der Waals surface area contributed by atoms with Gasteiger partial charge in [0.2, 0.25) is 0 Å². The topological polar surface area (TPSA) is 44.0 Å². The molecule has 0 aliphatic carbocycles. The van der Waals surface area contributed by atoms with E-state index >= 15 is 0 Å². The lowest BCUT2D eigenvalue weighted by Crippen LogP contribution is -2.50. The minimum Gasteiger partial charge on any atom is -0.309 e. The maximum atomic E-state index is 4.06. The summed E-state index contributed by atoms with van der Waals surface area (Å²) in [6, 6.07) is 1.30. The van der Waals surface area contributed by atoms with E-state index in [2.05, 4.69) is 48.2 Å². The van der Waals surface area contributed by atoms with Crippen molar-refractivity contribution in [3.05, 3.63) is 17.5 Å². The van der Waals surface area contributed by atoms with E-state index in [4.69, 9.17) is 0 Å². The Hall–Kier alpha value is -0.870. The lowest BCUT2D eigenvalue weighted by Gasteiger charge is -2.40. The number of nitrogens with zero attached hydrogens (tertiary/aromatic N) is 2. The molecule has 4 heteroatoms. The van der Waals surface area contributed by atoms with Crippen LogP contribution in [-0.2, 0) is 6.54 Å². The van der Waals surface area contributed by atoms with Gasteiger partial charge in [-0.25, -0.2) is 0 Å². The smallest absolute Gasteiger partial charge is 0.0535 e. The van der Waals surface area contributed by atoms with Crippen molar-refractivity contribution in [3.63, 3.8) is 0 Å². The fraction of sp³-hybridized carbons (Fsp3) is 0.769. The molecule has 2 N–H and O–H groups in total. The summed E-state index contributed by atoms with van der Waals surface area (Å²) < 4.78 is 0. The number of rotatable bonds is 3. The quantitative estimate of drug-likeness (QED) is 0.836.